The van der Waals surface area contributed by atoms with Crippen molar-refractivity contribution < 1.29 is 18.1 Å². The van der Waals surface area contributed by atoms with Gasteiger partial charge in [0.1, 0.15) is 4.32 Å². The van der Waals surface area contributed by atoms with E-state index < -0.39 is 24.1 Å². The molecule has 0 N–H and O–H groups in total. The lowest BCUT2D eigenvalue weighted by Gasteiger charge is -2.33. The van der Waals surface area contributed by atoms with Gasteiger partial charge in [-0.05, 0) is 41.4 Å². The molecule has 0 radical (unpaired) electrons. The molecule has 0 amide bonds. The van der Waals surface area contributed by atoms with Gasteiger partial charge in [-0.3, -0.25) is 14.9 Å². The number of carbonyl (C=O) groups excluding carboxylic acids is 1. The third kappa shape index (κ3) is 3.79. The number of nitrogens with zero attached hydrogens (tertiary/aromatic N) is 2. The highest BCUT2D eigenvalue weighted by atomic mass is 79.9. The van der Waals surface area contributed by atoms with Gasteiger partial charge in [0.25, 0.3) is 15.7 Å². The van der Waals surface area contributed by atoms with Crippen molar-refractivity contribution in [2.24, 2.45) is 4.40 Å². The van der Waals surface area contributed by atoms with Crippen LogP contribution >= 0.6 is 47.8 Å². The van der Waals surface area contributed by atoms with E-state index in [-0.39, 0.29) is 26.6 Å². The van der Waals surface area contributed by atoms with Gasteiger partial charge in [0.2, 0.25) is 0 Å². The minimum absolute atomic E-state index is 0.136. The van der Waals surface area contributed by atoms with Crippen LogP contribution in [-0.4, -0.2) is 34.0 Å². The normalized spacial score (nSPS) is 26.2. The van der Waals surface area contributed by atoms with E-state index in [2.05, 4.69) is 52.2 Å². The second-order valence-corrected chi connectivity index (χ2v) is 10.4. The van der Waals surface area contributed by atoms with Crippen LogP contribution in [0.15, 0.2) is 43.6 Å². The summed E-state index contributed by atoms with van der Waals surface area (Å²) in [5.41, 5.74) is 0.157. The molecule has 2 unspecified atom stereocenters. The predicted molar refractivity (Wildman–Crippen MR) is 104 cm³/mol. The Bertz CT molecular complexity index is 938. The first-order chi connectivity index (χ1) is 11.4. The molecule has 1 aliphatic rings. The van der Waals surface area contributed by atoms with E-state index in [1.807, 2.05) is 0 Å². The molecule has 0 heterocycles. The van der Waals surface area contributed by atoms with Crippen molar-refractivity contribution in [2.75, 3.05) is 0 Å². The van der Waals surface area contributed by atoms with Crippen LogP contribution in [-0.2, 0) is 14.8 Å². The van der Waals surface area contributed by atoms with Gasteiger partial charge in [0, 0.05) is 12.1 Å². The number of Topliss-reactive ketones (excluding diaryl/α,β-unsaturated/α-hetero) is 1. The monoisotopic (exact) mass is 556 g/mol. The van der Waals surface area contributed by atoms with E-state index in [0.29, 0.717) is 5.57 Å². The molecule has 25 heavy (non-hydrogen) atoms. The summed E-state index contributed by atoms with van der Waals surface area (Å²) in [5, 5.41) is 10.8. The molecule has 11 heteroatoms. The molecule has 0 saturated carbocycles. The first kappa shape index (κ1) is 20.4. The zero-order valence-electron chi connectivity index (χ0n) is 12.9. The topological polar surface area (TPSA) is 107 Å². The number of hydrogen-bond acceptors (Lipinski definition) is 5. The minimum Gasteiger partial charge on any atom is -0.292 e. The molecule has 1 aliphatic carbocycles. The van der Waals surface area contributed by atoms with Gasteiger partial charge in [-0.1, -0.05) is 37.9 Å². The summed E-state index contributed by atoms with van der Waals surface area (Å²) in [4.78, 5) is 21.5. The Morgan fingerprint density at radius 2 is 1.96 bits per heavy atom. The number of benzene rings is 1. The number of sulfonamides is 1. The summed E-state index contributed by atoms with van der Waals surface area (Å²) >= 11 is 9.79. The van der Waals surface area contributed by atoms with Crippen molar-refractivity contribution in [1.29, 1.82) is 0 Å². The Kier molecular flexibility index (Phi) is 5.72. The number of ketones is 1. The number of nitro groups is 1. The molecule has 0 spiro atoms. The largest absolute Gasteiger partial charge is 0.292 e. The number of allylic oxidation sites excluding steroid dienone is 2. The molecule has 0 fully saturated rings. The van der Waals surface area contributed by atoms with Gasteiger partial charge in [-0.25, -0.2) is 0 Å². The average molecular weight is 559 g/mol. The van der Waals surface area contributed by atoms with Crippen LogP contribution in [0.1, 0.15) is 13.8 Å². The Hall–Kier alpha value is -0.910. The van der Waals surface area contributed by atoms with Gasteiger partial charge in [0.15, 0.2) is 5.78 Å². The molecule has 0 saturated heterocycles. The molecular weight excluding hydrogens is 548 g/mol. The summed E-state index contributed by atoms with van der Waals surface area (Å²) in [5.74, 6) is -0.251. The SMILES string of the molecule is CC1=C(Br)C(=O)C(C)(Br)C(Br)C1=NS(=O)(=O)c1cccc([N+](=O)[O-])c1. The highest BCUT2D eigenvalue weighted by Crippen LogP contribution is 2.41. The molecule has 2 rings (SSSR count). The van der Waals surface area contributed by atoms with E-state index in [9.17, 15) is 23.3 Å². The number of non-ortho nitro benzene ring substituents is 1. The van der Waals surface area contributed by atoms with Crippen LogP contribution in [0, 0.1) is 10.1 Å². The highest BCUT2D eigenvalue weighted by Gasteiger charge is 2.47. The number of hydrogen-bond donors (Lipinski definition) is 0. The quantitative estimate of drug-likeness (QED) is 0.318. The number of nitro benzene ring substituents is 1. The molecular formula is C14H11Br3N2O5S. The smallest absolute Gasteiger partial charge is 0.282 e. The van der Waals surface area contributed by atoms with Crippen molar-refractivity contribution in [3.8, 4) is 0 Å². The fourth-order valence-corrected chi connectivity index (χ4v) is 5.33. The number of carbonyl (C=O) groups is 1. The standard InChI is InChI=1S/C14H11Br3N2O5S/c1-7-10(15)13(20)14(2,17)12(16)11(7)18-25(23,24)9-5-3-4-8(6-9)19(21)22/h3-6,12H,1-2H3. The van der Waals surface area contributed by atoms with Crippen molar-refractivity contribution in [3.63, 3.8) is 0 Å². The molecule has 0 aliphatic heterocycles. The van der Waals surface area contributed by atoms with Crippen LogP contribution in [0.25, 0.3) is 0 Å². The van der Waals surface area contributed by atoms with Crippen LogP contribution in [0.5, 0.6) is 0 Å². The van der Waals surface area contributed by atoms with Crippen molar-refractivity contribution in [2.45, 2.75) is 27.9 Å². The Labute approximate surface area is 169 Å². The average Bonchev–Trinajstić information content (AvgIpc) is 2.56. The Morgan fingerprint density at radius 3 is 2.52 bits per heavy atom. The first-order valence-corrected chi connectivity index (χ1v) is 10.7. The summed E-state index contributed by atoms with van der Waals surface area (Å²) < 4.78 is 28.1. The molecule has 1 aromatic rings. The van der Waals surface area contributed by atoms with Crippen molar-refractivity contribution >= 4 is 75.0 Å². The van der Waals surface area contributed by atoms with Gasteiger partial charge in [-0.2, -0.15) is 12.8 Å². The fraction of sp³-hybridized carbons (Fsp3) is 0.286. The molecule has 0 bridgehead atoms. The molecule has 134 valence electrons. The maximum atomic E-state index is 12.6. The van der Waals surface area contributed by atoms with Gasteiger partial charge in [-0.15, -0.1) is 0 Å². The van der Waals surface area contributed by atoms with E-state index in [4.69, 9.17) is 0 Å². The summed E-state index contributed by atoms with van der Waals surface area (Å²) in [6.45, 7) is 3.16. The summed E-state index contributed by atoms with van der Waals surface area (Å²) in [6.07, 6.45) is 0. The van der Waals surface area contributed by atoms with E-state index in [1.54, 1.807) is 13.8 Å². The molecule has 0 aromatic heterocycles. The Morgan fingerprint density at radius 1 is 1.36 bits per heavy atom. The number of halogens is 3. The zero-order valence-corrected chi connectivity index (χ0v) is 18.4. The van der Waals surface area contributed by atoms with Gasteiger partial charge in [0.05, 0.1) is 24.8 Å². The highest BCUT2D eigenvalue weighted by molar-refractivity contribution is 9.13. The molecule has 7 nitrogen and oxygen atoms in total. The lowest BCUT2D eigenvalue weighted by atomic mass is 9.88. The third-order valence-electron chi connectivity index (χ3n) is 3.62. The molecule has 1 aromatic carbocycles. The fourth-order valence-electron chi connectivity index (χ4n) is 2.11. The minimum atomic E-state index is -4.21. The maximum absolute atomic E-state index is 12.6. The number of alkyl halides is 2. The predicted octanol–water partition coefficient (Wildman–Crippen LogP) is 3.89. The van der Waals surface area contributed by atoms with Gasteiger partial charge >= 0.3 is 0 Å². The van der Waals surface area contributed by atoms with Crippen LogP contribution in [0.3, 0.4) is 0 Å². The second kappa shape index (κ2) is 7.01. The second-order valence-electron chi connectivity index (χ2n) is 5.41. The summed E-state index contributed by atoms with van der Waals surface area (Å²) in [6, 6.07) is 4.63. The third-order valence-corrected chi connectivity index (χ3v) is 8.64. The van der Waals surface area contributed by atoms with E-state index in [1.165, 1.54) is 18.2 Å². The van der Waals surface area contributed by atoms with Crippen LogP contribution < -0.4 is 0 Å². The number of rotatable bonds is 3. The first-order valence-electron chi connectivity index (χ1n) is 6.73. The Balaban J connectivity index is 2.63. The zero-order chi connectivity index (χ0) is 19.2. The van der Waals surface area contributed by atoms with Crippen LogP contribution in [0.4, 0.5) is 5.69 Å². The lowest BCUT2D eigenvalue weighted by molar-refractivity contribution is -0.385. The maximum Gasteiger partial charge on any atom is 0.282 e. The van der Waals surface area contributed by atoms with Crippen molar-refractivity contribution in [3.05, 3.63) is 44.4 Å². The van der Waals surface area contributed by atoms with Crippen LogP contribution in [0.2, 0.25) is 0 Å². The van der Waals surface area contributed by atoms with Crippen molar-refractivity contribution in [1.82, 2.24) is 0 Å². The summed E-state index contributed by atoms with van der Waals surface area (Å²) in [7, 11) is -4.21. The molecule has 2 atom stereocenters. The lowest BCUT2D eigenvalue weighted by Crippen LogP contribution is -2.47. The van der Waals surface area contributed by atoms with E-state index in [0.717, 1.165) is 6.07 Å². The van der Waals surface area contributed by atoms with E-state index >= 15 is 0 Å². The van der Waals surface area contributed by atoms with Gasteiger partial charge < -0.3 is 0 Å².